The lowest BCUT2D eigenvalue weighted by Gasteiger charge is -2.39. The lowest BCUT2D eigenvalue weighted by Crippen LogP contribution is -2.53. The molecule has 1 aliphatic rings. The van der Waals surface area contributed by atoms with Gasteiger partial charge in [-0.05, 0) is 36.2 Å². The summed E-state index contributed by atoms with van der Waals surface area (Å²) in [6.07, 6.45) is 0. The van der Waals surface area contributed by atoms with Gasteiger partial charge >= 0.3 is 5.97 Å². The van der Waals surface area contributed by atoms with Gasteiger partial charge in [0, 0.05) is 0 Å². The van der Waals surface area contributed by atoms with Crippen LogP contribution in [0.15, 0.2) is 53.4 Å². The molecule has 0 unspecified atom stereocenters. The number of rotatable bonds is 4. The molecule has 0 saturated carbocycles. The van der Waals surface area contributed by atoms with Crippen LogP contribution in [0.2, 0.25) is 0 Å². The minimum absolute atomic E-state index is 0.0911. The maximum absolute atomic E-state index is 13.3. The highest BCUT2D eigenvalue weighted by Gasteiger charge is 2.42. The van der Waals surface area contributed by atoms with E-state index < -0.39 is 27.9 Å². The lowest BCUT2D eigenvalue weighted by atomic mass is 9.99. The van der Waals surface area contributed by atoms with Crippen LogP contribution in [0, 0.1) is 5.92 Å². The van der Waals surface area contributed by atoms with E-state index >= 15 is 0 Å². The summed E-state index contributed by atoms with van der Waals surface area (Å²) in [5, 5.41) is 2.71. The molecule has 2 aromatic carbocycles. The first kappa shape index (κ1) is 18.9. The van der Waals surface area contributed by atoms with E-state index in [2.05, 4.69) is 5.32 Å². The molecular formula is C19H20N2O5S. The van der Waals surface area contributed by atoms with Crippen molar-refractivity contribution in [2.75, 3.05) is 16.7 Å². The fraction of sp³-hybridized carbons (Fsp3) is 0.263. The number of hydrogen-bond donors (Lipinski definition) is 1. The van der Waals surface area contributed by atoms with Crippen LogP contribution in [0.3, 0.4) is 0 Å². The van der Waals surface area contributed by atoms with Crippen LogP contribution >= 0.6 is 0 Å². The molecule has 7 nitrogen and oxygen atoms in total. The number of hydrogen-bond acceptors (Lipinski definition) is 5. The Morgan fingerprint density at radius 2 is 1.81 bits per heavy atom. The number of carbonyl (C=O) groups excluding carboxylic acids is 2. The molecular weight excluding hydrogens is 368 g/mol. The Hall–Kier alpha value is -2.87. The number of amides is 1. The van der Waals surface area contributed by atoms with Crippen LogP contribution in [-0.4, -0.2) is 33.4 Å². The van der Waals surface area contributed by atoms with Gasteiger partial charge in [0.15, 0.2) is 0 Å². The monoisotopic (exact) mass is 388 g/mol. The standard InChI is InChI=1S/C19H20N2O5S/c1-12(2)17-18(22)20-15-11-13(19(23)26-3)9-10-16(15)21(17)27(24,25)14-7-5-4-6-8-14/h4-12,17H,1-3H3,(H,20,22)/t17-/m0/s1. The van der Waals surface area contributed by atoms with E-state index in [-0.39, 0.29) is 22.1 Å². The van der Waals surface area contributed by atoms with Crippen molar-refractivity contribution in [1.82, 2.24) is 0 Å². The van der Waals surface area contributed by atoms with Gasteiger partial charge in [0.25, 0.3) is 10.0 Å². The second kappa shape index (κ2) is 7.03. The molecule has 3 rings (SSSR count). The number of methoxy groups -OCH3 is 1. The van der Waals surface area contributed by atoms with Crippen LogP contribution in [-0.2, 0) is 19.6 Å². The number of anilines is 2. The third-order valence-corrected chi connectivity index (χ3v) is 6.18. The molecule has 2 aromatic rings. The minimum atomic E-state index is -3.98. The first-order valence-corrected chi connectivity index (χ1v) is 9.84. The Morgan fingerprint density at radius 3 is 2.41 bits per heavy atom. The van der Waals surface area contributed by atoms with E-state index in [1.54, 1.807) is 32.0 Å². The molecule has 27 heavy (non-hydrogen) atoms. The number of fused-ring (bicyclic) bond motifs is 1. The molecule has 0 fully saturated rings. The molecule has 142 valence electrons. The van der Waals surface area contributed by atoms with Crippen LogP contribution < -0.4 is 9.62 Å². The molecule has 0 saturated heterocycles. The minimum Gasteiger partial charge on any atom is -0.465 e. The summed E-state index contributed by atoms with van der Waals surface area (Å²) in [4.78, 5) is 24.6. The number of carbonyl (C=O) groups is 2. The van der Waals surface area contributed by atoms with Crippen molar-refractivity contribution in [2.24, 2.45) is 5.92 Å². The number of benzene rings is 2. The van der Waals surface area contributed by atoms with Crippen molar-refractivity contribution < 1.29 is 22.7 Å². The highest BCUT2D eigenvalue weighted by atomic mass is 32.2. The topological polar surface area (TPSA) is 92.8 Å². The highest BCUT2D eigenvalue weighted by Crippen LogP contribution is 2.39. The van der Waals surface area contributed by atoms with Gasteiger partial charge in [-0.25, -0.2) is 13.2 Å². The largest absolute Gasteiger partial charge is 0.465 e. The number of nitrogens with one attached hydrogen (secondary N) is 1. The first-order chi connectivity index (χ1) is 12.8. The van der Waals surface area contributed by atoms with Crippen molar-refractivity contribution in [1.29, 1.82) is 0 Å². The summed E-state index contributed by atoms with van der Waals surface area (Å²) in [6.45, 7) is 3.57. The molecule has 0 aliphatic carbocycles. The summed E-state index contributed by atoms with van der Waals surface area (Å²) in [7, 11) is -2.73. The highest BCUT2D eigenvalue weighted by molar-refractivity contribution is 7.93. The maximum atomic E-state index is 13.3. The van der Waals surface area contributed by atoms with Crippen molar-refractivity contribution in [3.63, 3.8) is 0 Å². The Kier molecular flexibility index (Phi) is 4.93. The second-order valence-electron chi connectivity index (χ2n) is 6.52. The van der Waals surface area contributed by atoms with Gasteiger partial charge in [0.05, 0.1) is 28.9 Å². The molecule has 8 heteroatoms. The van der Waals surface area contributed by atoms with Crippen molar-refractivity contribution >= 4 is 33.3 Å². The van der Waals surface area contributed by atoms with Gasteiger partial charge in [-0.15, -0.1) is 0 Å². The molecule has 1 amide bonds. The second-order valence-corrected chi connectivity index (χ2v) is 8.33. The first-order valence-electron chi connectivity index (χ1n) is 8.40. The fourth-order valence-electron chi connectivity index (χ4n) is 3.09. The van der Waals surface area contributed by atoms with E-state index in [1.807, 2.05) is 0 Å². The number of nitrogens with zero attached hydrogens (tertiary/aromatic N) is 1. The summed E-state index contributed by atoms with van der Waals surface area (Å²) in [5.74, 6) is -1.29. The zero-order valence-electron chi connectivity index (χ0n) is 15.2. The average Bonchev–Trinajstić information content (AvgIpc) is 2.66. The Balaban J connectivity index is 2.21. The summed E-state index contributed by atoms with van der Waals surface area (Å²) < 4.78 is 32.5. The Labute approximate surface area is 158 Å². The molecule has 1 N–H and O–H groups in total. The zero-order valence-corrected chi connectivity index (χ0v) is 16.0. The Morgan fingerprint density at radius 1 is 1.15 bits per heavy atom. The maximum Gasteiger partial charge on any atom is 0.337 e. The third kappa shape index (κ3) is 3.28. The molecule has 1 atom stereocenters. The summed E-state index contributed by atoms with van der Waals surface area (Å²) >= 11 is 0. The average molecular weight is 388 g/mol. The van der Waals surface area contributed by atoms with Gasteiger partial charge in [0.1, 0.15) is 6.04 Å². The van der Waals surface area contributed by atoms with Gasteiger partial charge in [-0.1, -0.05) is 32.0 Å². The van der Waals surface area contributed by atoms with Gasteiger partial charge in [0.2, 0.25) is 5.91 Å². The molecule has 0 spiro atoms. The van der Waals surface area contributed by atoms with Crippen molar-refractivity contribution in [3.05, 3.63) is 54.1 Å². The van der Waals surface area contributed by atoms with E-state index in [1.165, 1.54) is 37.4 Å². The normalized spacial score (nSPS) is 16.7. The molecule has 1 heterocycles. The summed E-state index contributed by atoms with van der Waals surface area (Å²) in [6, 6.07) is 11.5. The number of esters is 1. The predicted molar refractivity (Wildman–Crippen MR) is 101 cm³/mol. The molecule has 1 aliphatic heterocycles. The Bertz CT molecular complexity index is 986. The zero-order chi connectivity index (χ0) is 19.8. The van der Waals surface area contributed by atoms with E-state index in [4.69, 9.17) is 4.74 Å². The van der Waals surface area contributed by atoms with Gasteiger partial charge < -0.3 is 10.1 Å². The van der Waals surface area contributed by atoms with Gasteiger partial charge in [-0.3, -0.25) is 9.10 Å². The molecule has 0 aromatic heterocycles. The number of ether oxygens (including phenoxy) is 1. The molecule has 0 bridgehead atoms. The van der Waals surface area contributed by atoms with E-state index in [9.17, 15) is 18.0 Å². The summed E-state index contributed by atoms with van der Waals surface area (Å²) in [5.41, 5.74) is 0.778. The van der Waals surface area contributed by atoms with Crippen LogP contribution in [0.4, 0.5) is 11.4 Å². The fourth-order valence-corrected chi connectivity index (χ4v) is 4.88. The quantitative estimate of drug-likeness (QED) is 0.813. The van der Waals surface area contributed by atoms with Crippen LogP contribution in [0.1, 0.15) is 24.2 Å². The smallest absolute Gasteiger partial charge is 0.337 e. The third-order valence-electron chi connectivity index (χ3n) is 4.37. The van der Waals surface area contributed by atoms with Crippen molar-refractivity contribution in [2.45, 2.75) is 24.8 Å². The molecule has 0 radical (unpaired) electrons. The lowest BCUT2D eigenvalue weighted by molar-refractivity contribution is -0.118. The van der Waals surface area contributed by atoms with E-state index in [0.717, 1.165) is 4.31 Å². The van der Waals surface area contributed by atoms with Crippen molar-refractivity contribution in [3.8, 4) is 0 Å². The van der Waals surface area contributed by atoms with Crippen LogP contribution in [0.25, 0.3) is 0 Å². The number of sulfonamides is 1. The van der Waals surface area contributed by atoms with Crippen LogP contribution in [0.5, 0.6) is 0 Å². The van der Waals surface area contributed by atoms with E-state index in [0.29, 0.717) is 5.69 Å². The van der Waals surface area contributed by atoms with Gasteiger partial charge in [-0.2, -0.15) is 0 Å². The SMILES string of the molecule is COC(=O)c1ccc2c(c1)NC(=O)[C@H](C(C)C)N2S(=O)(=O)c1ccccc1. The predicted octanol–water partition coefficient (Wildman–Crippen LogP) is 2.65.